The number of piperidine rings is 1. The van der Waals surface area contributed by atoms with E-state index < -0.39 is 10.0 Å². The van der Waals surface area contributed by atoms with Gasteiger partial charge in [-0.15, -0.1) is 0 Å². The van der Waals surface area contributed by atoms with Crippen molar-refractivity contribution in [2.75, 3.05) is 31.9 Å². The monoisotopic (exact) mass is 530 g/mol. The van der Waals surface area contributed by atoms with Crippen molar-refractivity contribution < 1.29 is 17.9 Å². The van der Waals surface area contributed by atoms with Gasteiger partial charge >= 0.3 is 0 Å². The van der Waals surface area contributed by atoms with Gasteiger partial charge in [0.2, 0.25) is 10.0 Å². The average Bonchev–Trinajstić information content (AvgIpc) is 3.38. The quantitative estimate of drug-likeness (QED) is 0.539. The summed E-state index contributed by atoms with van der Waals surface area (Å²) in [5.74, 6) is 0.914. The molecule has 2 bridgehead atoms. The summed E-state index contributed by atoms with van der Waals surface area (Å²) >= 11 is 0. The summed E-state index contributed by atoms with van der Waals surface area (Å²) in [5.41, 5.74) is 1.67. The molecule has 3 saturated heterocycles. The molecule has 0 radical (unpaired) electrons. The van der Waals surface area contributed by atoms with Gasteiger partial charge in [0.05, 0.1) is 5.75 Å². The normalized spacial score (nSPS) is 25.5. The standard InChI is InChI=1S/C28H42N4O4S/c1-6-37(34,35)30-13-11-29(12-14-30)28(33)27-16-21-15-24(9-10-26(21)32(27)20(4)5)36-25-17-22-7-8-23(18-25)31(22)19(2)3/h9-10,15-16,19-20,22-23,25H,6-8,11-14,17-18H2,1-5H3/t22-,23+,25?. The highest BCUT2D eigenvalue weighted by atomic mass is 32.2. The number of piperazine rings is 1. The first-order valence-electron chi connectivity index (χ1n) is 13.9. The Morgan fingerprint density at radius 3 is 2.19 bits per heavy atom. The lowest BCUT2D eigenvalue weighted by Crippen LogP contribution is -2.51. The van der Waals surface area contributed by atoms with Crippen LogP contribution < -0.4 is 4.74 Å². The molecule has 5 rings (SSSR count). The lowest BCUT2D eigenvalue weighted by Gasteiger charge is -2.41. The van der Waals surface area contributed by atoms with Crippen LogP contribution in [0.3, 0.4) is 0 Å². The molecule has 1 aromatic carbocycles. The van der Waals surface area contributed by atoms with Crippen LogP contribution in [0.2, 0.25) is 0 Å². The summed E-state index contributed by atoms with van der Waals surface area (Å²) in [7, 11) is -3.23. The number of rotatable bonds is 7. The van der Waals surface area contributed by atoms with Gasteiger partial charge in [0.25, 0.3) is 5.91 Å². The highest BCUT2D eigenvalue weighted by Gasteiger charge is 2.42. The summed E-state index contributed by atoms with van der Waals surface area (Å²) in [6.45, 7) is 11.9. The zero-order chi connectivity index (χ0) is 26.5. The first-order chi connectivity index (χ1) is 17.6. The fourth-order valence-electron chi connectivity index (χ4n) is 6.82. The molecule has 1 unspecified atom stereocenters. The Kier molecular flexibility index (Phi) is 7.33. The Morgan fingerprint density at radius 1 is 0.973 bits per heavy atom. The van der Waals surface area contributed by atoms with Gasteiger partial charge in [-0.1, -0.05) is 0 Å². The van der Waals surface area contributed by atoms with E-state index in [9.17, 15) is 13.2 Å². The SMILES string of the molecule is CCS(=O)(=O)N1CCN(C(=O)c2cc3cc(OC4C[C@H]5CC[C@@H](C4)N5C(C)C)ccc3n2C(C)C)CC1. The van der Waals surface area contributed by atoms with E-state index in [2.05, 4.69) is 49.3 Å². The number of carbonyl (C=O) groups is 1. The molecule has 1 amide bonds. The predicted octanol–water partition coefficient (Wildman–Crippen LogP) is 4.11. The van der Waals surface area contributed by atoms with Gasteiger partial charge in [0.1, 0.15) is 17.5 Å². The Hall–Kier alpha value is -2.10. The second-order valence-corrected chi connectivity index (χ2v) is 13.7. The van der Waals surface area contributed by atoms with Gasteiger partial charge < -0.3 is 14.2 Å². The number of ether oxygens (including phenoxy) is 1. The van der Waals surface area contributed by atoms with Crippen LogP contribution in [0.25, 0.3) is 10.9 Å². The van der Waals surface area contributed by atoms with E-state index >= 15 is 0 Å². The lowest BCUT2D eigenvalue weighted by molar-refractivity contribution is 0.0308. The van der Waals surface area contributed by atoms with Crippen molar-refractivity contribution in [3.63, 3.8) is 0 Å². The molecule has 37 heavy (non-hydrogen) atoms. The molecule has 3 atom stereocenters. The number of sulfonamides is 1. The number of hydrogen-bond donors (Lipinski definition) is 0. The molecule has 0 aliphatic carbocycles. The molecule has 204 valence electrons. The molecule has 3 fully saturated rings. The van der Waals surface area contributed by atoms with Gasteiger partial charge in [-0.05, 0) is 84.6 Å². The van der Waals surface area contributed by atoms with Crippen molar-refractivity contribution in [2.24, 2.45) is 0 Å². The topological polar surface area (TPSA) is 75.1 Å². The van der Waals surface area contributed by atoms with E-state index in [4.69, 9.17) is 4.74 Å². The fourth-order valence-corrected chi connectivity index (χ4v) is 7.90. The number of nitrogens with zero attached hydrogens (tertiary/aromatic N) is 4. The van der Waals surface area contributed by atoms with Gasteiger partial charge in [-0.3, -0.25) is 9.69 Å². The Bertz CT molecular complexity index is 1230. The molecular formula is C28H42N4O4S. The van der Waals surface area contributed by atoms with Crippen LogP contribution in [0.4, 0.5) is 0 Å². The van der Waals surface area contributed by atoms with Crippen molar-refractivity contribution in [1.29, 1.82) is 0 Å². The summed E-state index contributed by atoms with van der Waals surface area (Å²) < 4.78 is 34.6. The van der Waals surface area contributed by atoms with Gasteiger partial charge in [0.15, 0.2) is 0 Å². The maximum atomic E-state index is 13.6. The van der Waals surface area contributed by atoms with Crippen LogP contribution in [0.1, 0.15) is 76.8 Å². The maximum absolute atomic E-state index is 13.6. The summed E-state index contributed by atoms with van der Waals surface area (Å²) in [4.78, 5) is 18.1. The van der Waals surface area contributed by atoms with Crippen LogP contribution in [0, 0.1) is 0 Å². The van der Waals surface area contributed by atoms with E-state index in [-0.39, 0.29) is 23.8 Å². The molecule has 1 aromatic heterocycles. The minimum Gasteiger partial charge on any atom is -0.490 e. The third-order valence-corrected chi connectivity index (χ3v) is 10.4. The molecule has 3 aliphatic heterocycles. The highest BCUT2D eigenvalue weighted by Crippen LogP contribution is 2.39. The largest absolute Gasteiger partial charge is 0.490 e. The second kappa shape index (κ2) is 10.2. The smallest absolute Gasteiger partial charge is 0.270 e. The predicted molar refractivity (Wildman–Crippen MR) is 147 cm³/mol. The average molecular weight is 531 g/mol. The van der Waals surface area contributed by atoms with Crippen molar-refractivity contribution in [2.45, 2.75) is 90.6 Å². The molecule has 2 aromatic rings. The fraction of sp³-hybridized carbons (Fsp3) is 0.679. The zero-order valence-corrected chi connectivity index (χ0v) is 23.7. The Morgan fingerprint density at radius 2 is 1.62 bits per heavy atom. The number of carbonyl (C=O) groups excluding carboxylic acids is 1. The van der Waals surface area contributed by atoms with E-state index in [0.29, 0.717) is 50.0 Å². The van der Waals surface area contributed by atoms with Crippen molar-refractivity contribution in [3.8, 4) is 5.75 Å². The molecule has 0 saturated carbocycles. The van der Waals surface area contributed by atoms with Crippen LogP contribution in [-0.4, -0.2) is 89.2 Å². The molecular weight excluding hydrogens is 488 g/mol. The molecule has 0 N–H and O–H groups in total. The van der Waals surface area contributed by atoms with E-state index in [0.717, 1.165) is 29.5 Å². The first-order valence-corrected chi connectivity index (χ1v) is 15.6. The molecule has 8 nitrogen and oxygen atoms in total. The molecule has 4 heterocycles. The van der Waals surface area contributed by atoms with E-state index in [1.807, 2.05) is 12.1 Å². The summed E-state index contributed by atoms with van der Waals surface area (Å²) in [6.07, 6.45) is 4.91. The van der Waals surface area contributed by atoms with Crippen LogP contribution in [0.5, 0.6) is 5.75 Å². The van der Waals surface area contributed by atoms with Crippen molar-refractivity contribution in [3.05, 3.63) is 30.0 Å². The molecule has 3 aliphatic rings. The first kappa shape index (κ1) is 26.5. The van der Waals surface area contributed by atoms with Crippen molar-refractivity contribution >= 4 is 26.8 Å². The third-order valence-electron chi connectivity index (χ3n) is 8.48. The van der Waals surface area contributed by atoms with Crippen LogP contribution in [0.15, 0.2) is 24.3 Å². The number of hydrogen-bond acceptors (Lipinski definition) is 5. The Balaban J connectivity index is 1.33. The number of amides is 1. The van der Waals surface area contributed by atoms with Crippen LogP contribution >= 0.6 is 0 Å². The minimum absolute atomic E-state index is 0.0430. The summed E-state index contributed by atoms with van der Waals surface area (Å²) in [5, 5.41) is 1.00. The minimum atomic E-state index is -3.23. The van der Waals surface area contributed by atoms with E-state index in [1.54, 1.807) is 11.8 Å². The molecule has 9 heteroatoms. The van der Waals surface area contributed by atoms with Crippen molar-refractivity contribution in [1.82, 2.24) is 18.7 Å². The maximum Gasteiger partial charge on any atom is 0.270 e. The van der Waals surface area contributed by atoms with Gasteiger partial charge in [0, 0.05) is 61.2 Å². The van der Waals surface area contributed by atoms with E-state index in [1.165, 1.54) is 17.1 Å². The van der Waals surface area contributed by atoms with Gasteiger partial charge in [-0.25, -0.2) is 8.42 Å². The number of fused-ring (bicyclic) bond motifs is 3. The Labute approximate surface area is 221 Å². The molecule has 0 spiro atoms. The second-order valence-electron chi connectivity index (χ2n) is 11.4. The van der Waals surface area contributed by atoms with Gasteiger partial charge in [-0.2, -0.15) is 4.31 Å². The van der Waals surface area contributed by atoms with Crippen LogP contribution in [-0.2, 0) is 10.0 Å². The lowest BCUT2D eigenvalue weighted by atomic mass is 9.98. The zero-order valence-electron chi connectivity index (χ0n) is 22.9. The number of aromatic nitrogens is 1. The highest BCUT2D eigenvalue weighted by molar-refractivity contribution is 7.89. The number of benzene rings is 1. The summed E-state index contributed by atoms with van der Waals surface area (Å²) in [6, 6.07) is 10.1. The third kappa shape index (κ3) is 5.02.